The van der Waals surface area contributed by atoms with Gasteiger partial charge in [-0.15, -0.1) is 0 Å². The number of allylic oxidation sites excluding steroid dienone is 1. The van der Waals surface area contributed by atoms with Crippen molar-refractivity contribution in [1.29, 1.82) is 0 Å². The van der Waals surface area contributed by atoms with Gasteiger partial charge < -0.3 is 14.9 Å². The van der Waals surface area contributed by atoms with Gasteiger partial charge in [0.15, 0.2) is 6.29 Å². The second kappa shape index (κ2) is 6.38. The van der Waals surface area contributed by atoms with Crippen molar-refractivity contribution in [3.63, 3.8) is 0 Å². The second-order valence-corrected chi connectivity index (χ2v) is 6.44. The lowest BCUT2D eigenvalue weighted by Crippen LogP contribution is -2.21. The summed E-state index contributed by atoms with van der Waals surface area (Å²) in [6.07, 6.45) is 11.0. The van der Waals surface area contributed by atoms with E-state index < -0.39 is 11.9 Å². The van der Waals surface area contributed by atoms with E-state index in [2.05, 4.69) is 13.0 Å². The minimum atomic E-state index is -0.689. The molecule has 1 aliphatic heterocycles. The molecule has 3 unspecified atom stereocenters. The average molecular weight is 268 g/mol. The molecule has 0 aromatic carbocycles. The van der Waals surface area contributed by atoms with Crippen LogP contribution in [0, 0.1) is 11.8 Å². The number of aliphatic hydroxyl groups is 2. The molecule has 0 bridgehead atoms. The first-order valence-corrected chi connectivity index (χ1v) is 7.77. The number of hydrogen-bond acceptors (Lipinski definition) is 3. The molecule has 1 saturated carbocycles. The molecule has 3 nitrogen and oxygen atoms in total. The van der Waals surface area contributed by atoms with Crippen LogP contribution >= 0.6 is 0 Å². The van der Waals surface area contributed by atoms with Gasteiger partial charge in [0.25, 0.3) is 0 Å². The van der Waals surface area contributed by atoms with E-state index in [1.165, 1.54) is 12.8 Å². The summed E-state index contributed by atoms with van der Waals surface area (Å²) in [5, 5.41) is 19.9. The highest BCUT2D eigenvalue weighted by Gasteiger charge is 2.42. The third-order valence-corrected chi connectivity index (χ3v) is 4.61. The molecule has 1 aliphatic carbocycles. The Morgan fingerprint density at radius 2 is 2.11 bits per heavy atom. The number of ether oxygens (including phenoxy) is 1. The van der Waals surface area contributed by atoms with Crippen LogP contribution in [0.2, 0.25) is 0 Å². The van der Waals surface area contributed by atoms with Crippen molar-refractivity contribution in [1.82, 2.24) is 0 Å². The van der Waals surface area contributed by atoms with Gasteiger partial charge in [-0.2, -0.15) is 0 Å². The molecule has 19 heavy (non-hydrogen) atoms. The van der Waals surface area contributed by atoms with Gasteiger partial charge in [0.1, 0.15) is 0 Å². The Morgan fingerprint density at radius 1 is 1.32 bits per heavy atom. The Labute approximate surface area is 116 Å². The summed E-state index contributed by atoms with van der Waals surface area (Å²) in [6, 6.07) is 0. The quantitative estimate of drug-likeness (QED) is 0.575. The van der Waals surface area contributed by atoms with Gasteiger partial charge in [0.05, 0.1) is 11.7 Å². The fraction of sp³-hybridized carbons (Fsp3) is 0.875. The van der Waals surface area contributed by atoms with Crippen LogP contribution in [0.1, 0.15) is 58.8 Å². The molecule has 0 amide bonds. The molecule has 0 radical (unpaired) electrons. The molecule has 3 heteroatoms. The van der Waals surface area contributed by atoms with Crippen molar-refractivity contribution in [2.45, 2.75) is 76.8 Å². The van der Waals surface area contributed by atoms with Gasteiger partial charge in [-0.3, -0.25) is 0 Å². The van der Waals surface area contributed by atoms with E-state index in [4.69, 9.17) is 4.74 Å². The van der Waals surface area contributed by atoms with Crippen molar-refractivity contribution in [2.75, 3.05) is 0 Å². The summed E-state index contributed by atoms with van der Waals surface area (Å²) < 4.78 is 5.49. The van der Waals surface area contributed by atoms with Crippen LogP contribution in [0.15, 0.2) is 12.2 Å². The van der Waals surface area contributed by atoms with Crippen LogP contribution in [0.3, 0.4) is 0 Å². The van der Waals surface area contributed by atoms with E-state index >= 15 is 0 Å². The first kappa shape index (κ1) is 15.0. The van der Waals surface area contributed by atoms with E-state index in [0.29, 0.717) is 11.8 Å². The van der Waals surface area contributed by atoms with Crippen LogP contribution in [-0.2, 0) is 4.74 Å². The van der Waals surface area contributed by atoms with Gasteiger partial charge in [-0.05, 0) is 38.0 Å². The monoisotopic (exact) mass is 268 g/mol. The maximum absolute atomic E-state index is 10.3. The predicted octanol–water partition coefficient (Wildman–Crippen LogP) is 3.01. The molecule has 2 fully saturated rings. The molecule has 1 heterocycles. The first-order valence-electron chi connectivity index (χ1n) is 7.77. The van der Waals surface area contributed by atoms with Crippen LogP contribution in [-0.4, -0.2) is 28.2 Å². The van der Waals surface area contributed by atoms with Crippen LogP contribution in [0.4, 0.5) is 0 Å². The Kier molecular flexibility index (Phi) is 5.04. The molecular weight excluding hydrogens is 240 g/mol. The molecule has 2 aliphatic rings. The highest BCUT2D eigenvalue weighted by Crippen LogP contribution is 2.43. The van der Waals surface area contributed by atoms with Crippen molar-refractivity contribution in [3.05, 3.63) is 12.2 Å². The van der Waals surface area contributed by atoms with E-state index in [0.717, 1.165) is 32.1 Å². The fourth-order valence-electron chi connectivity index (χ4n) is 3.43. The molecule has 5 atom stereocenters. The average Bonchev–Trinajstić information content (AvgIpc) is 2.86. The van der Waals surface area contributed by atoms with E-state index in [1.54, 1.807) is 0 Å². The van der Waals surface area contributed by atoms with Crippen LogP contribution < -0.4 is 0 Å². The summed E-state index contributed by atoms with van der Waals surface area (Å²) in [7, 11) is 0. The molecule has 0 aromatic heterocycles. The molecular formula is C16H28O3. The Hall–Kier alpha value is -0.380. The maximum atomic E-state index is 10.3. The van der Waals surface area contributed by atoms with Crippen LogP contribution in [0.25, 0.3) is 0 Å². The summed E-state index contributed by atoms with van der Waals surface area (Å²) >= 11 is 0. The molecule has 1 saturated heterocycles. The second-order valence-electron chi connectivity index (χ2n) is 6.44. The Balaban J connectivity index is 1.84. The lowest BCUT2D eigenvalue weighted by molar-refractivity contribution is -0.0906. The van der Waals surface area contributed by atoms with Crippen molar-refractivity contribution in [3.8, 4) is 0 Å². The van der Waals surface area contributed by atoms with E-state index in [-0.39, 0.29) is 6.10 Å². The summed E-state index contributed by atoms with van der Waals surface area (Å²) in [5.74, 6) is 0.900. The van der Waals surface area contributed by atoms with E-state index in [1.807, 2.05) is 13.0 Å². The van der Waals surface area contributed by atoms with Gasteiger partial charge in [0.2, 0.25) is 0 Å². The van der Waals surface area contributed by atoms with Crippen molar-refractivity contribution >= 4 is 0 Å². The molecule has 0 aromatic rings. The summed E-state index contributed by atoms with van der Waals surface area (Å²) in [4.78, 5) is 0. The van der Waals surface area contributed by atoms with Gasteiger partial charge in [-0.1, -0.05) is 38.3 Å². The zero-order valence-electron chi connectivity index (χ0n) is 12.2. The smallest absolute Gasteiger partial charge is 0.155 e. The maximum Gasteiger partial charge on any atom is 0.155 e. The number of rotatable bonds is 6. The topological polar surface area (TPSA) is 49.7 Å². The van der Waals surface area contributed by atoms with Crippen molar-refractivity contribution < 1.29 is 14.9 Å². The minimum absolute atomic E-state index is 0.231. The van der Waals surface area contributed by atoms with Crippen LogP contribution in [0.5, 0.6) is 0 Å². The number of aliphatic hydroxyl groups excluding tert-OH is 1. The lowest BCUT2D eigenvalue weighted by Gasteiger charge is -2.20. The lowest BCUT2D eigenvalue weighted by atomic mass is 9.90. The number of fused-ring (bicyclic) bond motifs is 1. The molecule has 0 spiro atoms. The largest absolute Gasteiger partial charge is 0.386 e. The normalized spacial score (nSPS) is 37.7. The van der Waals surface area contributed by atoms with Gasteiger partial charge in [0, 0.05) is 6.42 Å². The molecule has 2 rings (SSSR count). The highest BCUT2D eigenvalue weighted by atomic mass is 16.6. The Morgan fingerprint density at radius 3 is 2.84 bits per heavy atom. The zero-order chi connectivity index (χ0) is 13.9. The third-order valence-electron chi connectivity index (χ3n) is 4.61. The fourth-order valence-corrected chi connectivity index (χ4v) is 3.43. The summed E-state index contributed by atoms with van der Waals surface area (Å²) in [6.45, 7) is 4.07. The standard InChI is InChI=1S/C16H28O3/c1-3-4-5-9-16(2,18)10-8-12-6-7-14-13(12)11-15(17)19-14/h8,10,12-15,17-18H,3-7,9,11H2,1-2H3/b10-8+/t12?,13-,14+,15?,16?/m1/s1. The van der Waals surface area contributed by atoms with Crippen molar-refractivity contribution in [2.24, 2.45) is 11.8 Å². The SMILES string of the molecule is CCCCCC(C)(O)/C=C/C1CC[C@@H]2OC(O)C[C@H]12. The van der Waals surface area contributed by atoms with E-state index in [9.17, 15) is 10.2 Å². The number of hydrogen-bond donors (Lipinski definition) is 2. The highest BCUT2D eigenvalue weighted by molar-refractivity contribution is 5.06. The third kappa shape index (κ3) is 4.04. The Bertz CT molecular complexity index is 311. The number of unbranched alkanes of at least 4 members (excludes halogenated alkanes) is 2. The van der Waals surface area contributed by atoms with Gasteiger partial charge >= 0.3 is 0 Å². The van der Waals surface area contributed by atoms with Gasteiger partial charge in [-0.25, -0.2) is 0 Å². The molecule has 2 N–H and O–H groups in total. The zero-order valence-corrected chi connectivity index (χ0v) is 12.2. The molecule has 110 valence electrons. The summed E-state index contributed by atoms with van der Waals surface area (Å²) in [5.41, 5.74) is -0.689. The predicted molar refractivity (Wildman–Crippen MR) is 75.6 cm³/mol. The first-order chi connectivity index (χ1) is 9.02. The minimum Gasteiger partial charge on any atom is -0.386 e.